The molecule has 2 heterocycles. The van der Waals surface area contributed by atoms with Crippen LogP contribution in [0.4, 0.5) is 6.01 Å². The Hall–Kier alpha value is -3.67. The number of nitrogens with zero attached hydrogens (tertiary/aromatic N) is 3. The van der Waals surface area contributed by atoms with Gasteiger partial charge in [0.15, 0.2) is 5.78 Å². The van der Waals surface area contributed by atoms with Crippen molar-refractivity contribution >= 4 is 11.8 Å². The number of hydrogen-bond acceptors (Lipinski definition) is 5. The Morgan fingerprint density at radius 1 is 1.12 bits per heavy atom. The fraction of sp³-hybridized carbons (Fsp3) is 0.296. The molecule has 3 aliphatic carbocycles. The summed E-state index contributed by atoms with van der Waals surface area (Å²) >= 11 is 0. The second-order valence-corrected chi connectivity index (χ2v) is 9.93. The molecule has 3 fully saturated rings. The number of benzene rings is 2. The van der Waals surface area contributed by atoms with E-state index in [4.69, 9.17) is 10.2 Å². The van der Waals surface area contributed by atoms with Crippen molar-refractivity contribution in [2.45, 2.75) is 50.4 Å². The third kappa shape index (κ3) is 3.12. The number of rotatable bonds is 6. The molecule has 6 heteroatoms. The van der Waals surface area contributed by atoms with Gasteiger partial charge in [-0.1, -0.05) is 18.2 Å². The molecule has 0 spiro atoms. The van der Waals surface area contributed by atoms with E-state index in [0.717, 1.165) is 47.4 Å². The van der Waals surface area contributed by atoms with E-state index in [-0.39, 0.29) is 22.6 Å². The van der Waals surface area contributed by atoms with Crippen LogP contribution in [0.3, 0.4) is 0 Å². The topological polar surface area (TPSA) is 86.9 Å². The van der Waals surface area contributed by atoms with E-state index in [1.807, 2.05) is 16.8 Å². The minimum absolute atomic E-state index is 0.0718. The van der Waals surface area contributed by atoms with E-state index in [9.17, 15) is 4.79 Å². The van der Waals surface area contributed by atoms with E-state index < -0.39 is 0 Å². The minimum Gasteiger partial charge on any atom is -0.428 e. The fourth-order valence-corrected chi connectivity index (χ4v) is 6.03. The molecule has 166 valence electrons. The molecule has 0 aliphatic heterocycles. The van der Waals surface area contributed by atoms with Gasteiger partial charge in [0, 0.05) is 35.5 Å². The van der Waals surface area contributed by atoms with Crippen molar-refractivity contribution < 1.29 is 9.21 Å². The number of carbonyl (C=O) groups excluding carboxylic acids is 1. The number of carbonyl (C=O) groups is 1. The molecule has 2 bridgehead atoms. The lowest BCUT2D eigenvalue weighted by Crippen LogP contribution is -2.67. The lowest BCUT2D eigenvalue weighted by atomic mass is 9.32. The van der Waals surface area contributed by atoms with E-state index in [0.29, 0.717) is 6.42 Å². The highest BCUT2D eigenvalue weighted by Crippen LogP contribution is 2.74. The first kappa shape index (κ1) is 20.0. The number of nitrogens with two attached hydrogens (primary N) is 1. The Bertz CT molecular complexity index is 1360. The lowest BCUT2D eigenvalue weighted by molar-refractivity contribution is -0.0829. The zero-order valence-electron chi connectivity index (χ0n) is 18.8. The van der Waals surface area contributed by atoms with Gasteiger partial charge < -0.3 is 14.7 Å². The minimum atomic E-state index is 0.0718. The van der Waals surface area contributed by atoms with Gasteiger partial charge in [0.2, 0.25) is 0 Å². The number of aryl methyl sites for hydroxylation is 2. The standard InChI is InChI=1S/C27H26N4O2/c1-17-7-19(9-21(8-17)31-6-5-29-16-31)10-23(32)20-4-3-18(2)22(11-20)26-13-27(14-26,15-26)24-12-30-25(28)33-24/h3-9,11-12,16H,10,13-15H2,1-2H3,(H2,28,30). The van der Waals surface area contributed by atoms with Gasteiger partial charge in [0.05, 0.1) is 12.5 Å². The van der Waals surface area contributed by atoms with Crippen LogP contribution in [0.15, 0.2) is 65.7 Å². The van der Waals surface area contributed by atoms with Crippen molar-refractivity contribution in [2.75, 3.05) is 5.73 Å². The van der Waals surface area contributed by atoms with Crippen molar-refractivity contribution in [3.63, 3.8) is 0 Å². The van der Waals surface area contributed by atoms with Crippen LogP contribution in [0.5, 0.6) is 0 Å². The van der Waals surface area contributed by atoms with E-state index in [1.165, 1.54) is 11.1 Å². The summed E-state index contributed by atoms with van der Waals surface area (Å²) in [6.07, 6.45) is 10.7. The number of anilines is 1. The van der Waals surface area contributed by atoms with E-state index in [2.05, 4.69) is 54.1 Å². The van der Waals surface area contributed by atoms with E-state index in [1.54, 1.807) is 18.7 Å². The summed E-state index contributed by atoms with van der Waals surface area (Å²) < 4.78 is 7.58. The van der Waals surface area contributed by atoms with Gasteiger partial charge in [-0.2, -0.15) is 0 Å². The van der Waals surface area contributed by atoms with Gasteiger partial charge in [-0.25, -0.2) is 9.97 Å². The average Bonchev–Trinajstić information content (AvgIpc) is 3.39. The van der Waals surface area contributed by atoms with Crippen LogP contribution in [0.1, 0.15) is 57.6 Å². The highest BCUT2D eigenvalue weighted by Gasteiger charge is 2.70. The van der Waals surface area contributed by atoms with Crippen molar-refractivity contribution in [3.05, 3.63) is 94.9 Å². The first-order valence-electron chi connectivity index (χ1n) is 11.3. The second-order valence-electron chi connectivity index (χ2n) is 9.93. The second kappa shape index (κ2) is 6.91. The average molecular weight is 439 g/mol. The summed E-state index contributed by atoms with van der Waals surface area (Å²) in [6.45, 7) is 4.19. The van der Waals surface area contributed by atoms with Gasteiger partial charge in [-0.05, 0) is 79.0 Å². The summed E-state index contributed by atoms with van der Waals surface area (Å²) in [7, 11) is 0. The van der Waals surface area contributed by atoms with Crippen LogP contribution in [0.2, 0.25) is 0 Å². The maximum atomic E-state index is 13.3. The number of nitrogen functional groups attached to an aromatic ring is 1. The Labute approximate surface area is 192 Å². The molecule has 4 aromatic rings. The summed E-state index contributed by atoms with van der Waals surface area (Å²) in [6, 6.07) is 12.7. The number of aromatic nitrogens is 3. The molecule has 0 saturated heterocycles. The molecular weight excluding hydrogens is 412 g/mol. The number of hydrogen-bond donors (Lipinski definition) is 1. The zero-order valence-corrected chi connectivity index (χ0v) is 18.8. The van der Waals surface area contributed by atoms with Gasteiger partial charge in [-0.15, -0.1) is 0 Å². The van der Waals surface area contributed by atoms with Gasteiger partial charge >= 0.3 is 0 Å². The maximum Gasteiger partial charge on any atom is 0.292 e. The van der Waals surface area contributed by atoms with Crippen LogP contribution in [-0.4, -0.2) is 20.3 Å². The highest BCUT2D eigenvalue weighted by atomic mass is 16.4. The van der Waals surface area contributed by atoms with Crippen LogP contribution in [0, 0.1) is 13.8 Å². The first-order valence-corrected chi connectivity index (χ1v) is 11.3. The molecule has 2 aromatic heterocycles. The Balaban J connectivity index is 1.23. The largest absolute Gasteiger partial charge is 0.428 e. The molecule has 0 atom stereocenters. The quantitative estimate of drug-likeness (QED) is 0.435. The van der Waals surface area contributed by atoms with E-state index >= 15 is 0 Å². The SMILES string of the molecule is Cc1cc(CC(=O)c2ccc(C)c(C34CC(c5cnc(N)o5)(C3)C4)c2)cc(-n2ccnc2)c1. The van der Waals surface area contributed by atoms with Gasteiger partial charge in [-0.3, -0.25) is 4.79 Å². The normalized spacial score (nSPS) is 23.1. The molecule has 0 amide bonds. The van der Waals surface area contributed by atoms with Gasteiger partial charge in [0.1, 0.15) is 5.76 Å². The van der Waals surface area contributed by atoms with Crippen molar-refractivity contribution in [2.24, 2.45) is 0 Å². The monoisotopic (exact) mass is 438 g/mol. The van der Waals surface area contributed by atoms with Crippen LogP contribution in [-0.2, 0) is 17.3 Å². The van der Waals surface area contributed by atoms with Crippen molar-refractivity contribution in [1.82, 2.24) is 14.5 Å². The molecule has 3 aliphatic rings. The number of imidazole rings is 1. The molecule has 3 saturated carbocycles. The number of ketones is 1. The molecule has 6 nitrogen and oxygen atoms in total. The maximum absolute atomic E-state index is 13.3. The predicted molar refractivity (Wildman–Crippen MR) is 126 cm³/mol. The Morgan fingerprint density at radius 2 is 1.94 bits per heavy atom. The summed E-state index contributed by atoms with van der Waals surface area (Å²) in [5.74, 6) is 1.04. The van der Waals surface area contributed by atoms with Crippen LogP contribution >= 0.6 is 0 Å². The first-order chi connectivity index (χ1) is 15.9. The van der Waals surface area contributed by atoms with Crippen LogP contribution < -0.4 is 5.73 Å². The third-order valence-electron chi connectivity index (χ3n) is 7.50. The third-order valence-corrected chi connectivity index (χ3v) is 7.50. The zero-order chi connectivity index (χ0) is 22.8. The van der Waals surface area contributed by atoms with Crippen molar-refractivity contribution in [3.8, 4) is 5.69 Å². The van der Waals surface area contributed by atoms with Gasteiger partial charge in [0.25, 0.3) is 6.01 Å². The summed E-state index contributed by atoms with van der Waals surface area (Å²) in [5, 5.41) is 0. The number of oxazole rings is 1. The predicted octanol–water partition coefficient (Wildman–Crippen LogP) is 4.86. The molecule has 2 aromatic carbocycles. The summed E-state index contributed by atoms with van der Waals surface area (Å²) in [4.78, 5) is 21.5. The Morgan fingerprint density at radius 3 is 2.64 bits per heavy atom. The van der Waals surface area contributed by atoms with Crippen LogP contribution in [0.25, 0.3) is 5.69 Å². The van der Waals surface area contributed by atoms with Crippen molar-refractivity contribution in [1.29, 1.82) is 0 Å². The molecule has 0 unspecified atom stereocenters. The molecule has 2 N–H and O–H groups in total. The number of Topliss-reactive ketones (excluding diaryl/α,β-unsaturated/α-hetero) is 1. The smallest absolute Gasteiger partial charge is 0.292 e. The fourth-order valence-electron chi connectivity index (χ4n) is 6.03. The Kier molecular flexibility index (Phi) is 4.18. The highest BCUT2D eigenvalue weighted by molar-refractivity contribution is 5.98. The summed E-state index contributed by atoms with van der Waals surface area (Å²) in [5.41, 5.74) is 12.4. The molecule has 7 rings (SSSR count). The molecule has 33 heavy (non-hydrogen) atoms. The molecule has 0 radical (unpaired) electrons. The molecular formula is C27H26N4O2. The lowest BCUT2D eigenvalue weighted by Gasteiger charge is -2.70.